The summed E-state index contributed by atoms with van der Waals surface area (Å²) in [6, 6.07) is 10.1. The lowest BCUT2D eigenvalue weighted by Crippen LogP contribution is -2.01. The van der Waals surface area contributed by atoms with Gasteiger partial charge in [0.1, 0.15) is 5.75 Å². The number of rotatable bonds is 5. The highest BCUT2D eigenvalue weighted by atomic mass is 16.5. The smallest absolute Gasteiger partial charge is 0.184 e. The van der Waals surface area contributed by atoms with E-state index in [0.717, 1.165) is 16.7 Å². The third kappa shape index (κ3) is 4.51. The van der Waals surface area contributed by atoms with Gasteiger partial charge in [-0.05, 0) is 85.0 Å². The van der Waals surface area contributed by atoms with Crippen molar-refractivity contribution < 1.29 is 19.7 Å². The zero-order chi connectivity index (χ0) is 18.6. The van der Waals surface area contributed by atoms with Crippen LogP contribution in [0.1, 0.15) is 30.5 Å². The van der Waals surface area contributed by atoms with Gasteiger partial charge in [-0.1, -0.05) is 12.1 Å². The minimum Gasteiger partial charge on any atom is -0.508 e. The monoisotopic (exact) mass is 338 g/mol. The Balaban J connectivity index is 2.25. The number of hydrogen-bond acceptors (Lipinski definition) is 4. The summed E-state index contributed by atoms with van der Waals surface area (Å²) in [4.78, 5) is 12.6. The van der Waals surface area contributed by atoms with Crippen LogP contribution in [0.15, 0.2) is 47.5 Å². The number of phenols is 2. The van der Waals surface area contributed by atoms with Crippen LogP contribution in [0.4, 0.5) is 0 Å². The van der Waals surface area contributed by atoms with Gasteiger partial charge >= 0.3 is 0 Å². The Bertz CT molecular complexity index is 860. The molecule has 0 aliphatic carbocycles. The average Bonchev–Trinajstić information content (AvgIpc) is 2.59. The first kappa shape index (κ1) is 18.3. The number of carbonyl (C=O) groups is 1. The van der Waals surface area contributed by atoms with Gasteiger partial charge in [0.2, 0.25) is 0 Å². The van der Waals surface area contributed by atoms with Crippen molar-refractivity contribution in [1.29, 1.82) is 0 Å². The number of ketones is 1. The Labute approximate surface area is 147 Å². The highest BCUT2D eigenvalue weighted by molar-refractivity contribution is 6.12. The van der Waals surface area contributed by atoms with Crippen LogP contribution in [0.25, 0.3) is 12.2 Å². The second-order valence-electron chi connectivity index (χ2n) is 5.96. The molecule has 0 saturated carbocycles. The van der Waals surface area contributed by atoms with Gasteiger partial charge < -0.3 is 14.9 Å². The minimum absolute atomic E-state index is 0.0578. The first-order chi connectivity index (χ1) is 11.8. The van der Waals surface area contributed by atoms with Crippen molar-refractivity contribution in [2.24, 2.45) is 0 Å². The van der Waals surface area contributed by atoms with Crippen molar-refractivity contribution in [2.45, 2.75) is 20.8 Å². The number of phenolic OH excluding ortho intramolecular Hbond substituents is 2. The Morgan fingerprint density at radius 1 is 0.920 bits per heavy atom. The number of hydrogen-bond donors (Lipinski definition) is 2. The van der Waals surface area contributed by atoms with Crippen molar-refractivity contribution in [2.75, 3.05) is 7.11 Å². The Hall–Kier alpha value is -3.01. The minimum atomic E-state index is -0.0715. The summed E-state index contributed by atoms with van der Waals surface area (Å²) in [5.41, 5.74) is 3.58. The van der Waals surface area contributed by atoms with E-state index in [4.69, 9.17) is 4.74 Å². The van der Waals surface area contributed by atoms with E-state index in [0.29, 0.717) is 16.9 Å². The molecule has 0 radical (unpaired) electrons. The third-order valence-corrected chi connectivity index (χ3v) is 3.91. The van der Waals surface area contributed by atoms with Gasteiger partial charge in [-0.15, -0.1) is 0 Å². The maximum Gasteiger partial charge on any atom is 0.184 e. The molecule has 0 unspecified atom stereocenters. The van der Waals surface area contributed by atoms with E-state index < -0.39 is 0 Å². The van der Waals surface area contributed by atoms with Gasteiger partial charge in [0.25, 0.3) is 0 Å². The van der Waals surface area contributed by atoms with Crippen molar-refractivity contribution in [3.63, 3.8) is 0 Å². The van der Waals surface area contributed by atoms with Crippen molar-refractivity contribution in [3.05, 3.63) is 64.2 Å². The summed E-state index contributed by atoms with van der Waals surface area (Å²) < 4.78 is 5.08. The number of aromatic hydroxyl groups is 2. The topological polar surface area (TPSA) is 66.8 Å². The summed E-state index contributed by atoms with van der Waals surface area (Å²) in [6.07, 6.45) is 3.55. The normalized spacial score (nSPS) is 12.2. The zero-order valence-electron chi connectivity index (χ0n) is 14.8. The molecule has 4 nitrogen and oxygen atoms in total. The highest BCUT2D eigenvalue weighted by Gasteiger charge is 2.09. The van der Waals surface area contributed by atoms with E-state index in [9.17, 15) is 15.0 Å². The predicted octanol–water partition coefficient (Wildman–Crippen LogP) is 4.49. The fourth-order valence-electron chi connectivity index (χ4n) is 2.49. The van der Waals surface area contributed by atoms with Crippen LogP contribution in [-0.2, 0) is 4.79 Å². The molecular weight excluding hydrogens is 316 g/mol. The summed E-state index contributed by atoms with van der Waals surface area (Å²) in [5.74, 6) is 0.583. The number of allylic oxidation sites excluding steroid dienone is 2. The lowest BCUT2D eigenvalue weighted by molar-refractivity contribution is -0.112. The Morgan fingerprint density at radius 2 is 1.44 bits per heavy atom. The molecule has 130 valence electrons. The lowest BCUT2D eigenvalue weighted by atomic mass is 10.0. The number of Topliss-reactive ketones (excluding diaryl/α,β-unsaturated/α-hetero) is 1. The fraction of sp³-hybridized carbons (Fsp3) is 0.190. The first-order valence-corrected chi connectivity index (χ1v) is 7.89. The van der Waals surface area contributed by atoms with Crippen LogP contribution in [-0.4, -0.2) is 23.1 Å². The first-order valence-electron chi connectivity index (χ1n) is 7.89. The van der Waals surface area contributed by atoms with Crippen LogP contribution in [0.3, 0.4) is 0 Å². The molecular formula is C21H22O4. The molecule has 25 heavy (non-hydrogen) atoms. The molecule has 2 aromatic rings. The largest absolute Gasteiger partial charge is 0.508 e. The van der Waals surface area contributed by atoms with Crippen molar-refractivity contribution >= 4 is 17.9 Å². The van der Waals surface area contributed by atoms with Gasteiger partial charge in [0.15, 0.2) is 17.3 Å². The summed E-state index contributed by atoms with van der Waals surface area (Å²) >= 11 is 0. The molecule has 0 heterocycles. The van der Waals surface area contributed by atoms with Crippen LogP contribution >= 0.6 is 0 Å². The van der Waals surface area contributed by atoms with Crippen molar-refractivity contribution in [3.8, 4) is 17.2 Å². The lowest BCUT2D eigenvalue weighted by Gasteiger charge is -2.06. The molecule has 0 aliphatic heterocycles. The SMILES string of the molecule is COc1cc(/C=C(\C)C(=O)/C(C)=C/c2ccc(O)c(C)c2)ccc1O. The molecule has 0 amide bonds. The molecule has 0 saturated heterocycles. The van der Waals surface area contributed by atoms with Crippen LogP contribution in [0.5, 0.6) is 17.2 Å². The number of methoxy groups -OCH3 is 1. The molecule has 0 aliphatic rings. The number of carbonyl (C=O) groups excluding carboxylic acids is 1. The molecule has 2 aromatic carbocycles. The maximum atomic E-state index is 12.6. The van der Waals surface area contributed by atoms with Gasteiger partial charge in [0, 0.05) is 0 Å². The van der Waals surface area contributed by atoms with Gasteiger partial charge in [-0.2, -0.15) is 0 Å². The van der Waals surface area contributed by atoms with Crippen LogP contribution in [0, 0.1) is 6.92 Å². The third-order valence-electron chi connectivity index (χ3n) is 3.91. The van der Waals surface area contributed by atoms with E-state index >= 15 is 0 Å². The Kier molecular flexibility index (Phi) is 5.65. The van der Waals surface area contributed by atoms with Gasteiger partial charge in [-0.25, -0.2) is 0 Å². The second-order valence-corrected chi connectivity index (χ2v) is 5.96. The molecule has 0 atom stereocenters. The molecule has 2 rings (SSSR count). The van der Waals surface area contributed by atoms with Crippen LogP contribution in [0.2, 0.25) is 0 Å². The standard InChI is InChI=1S/C21H22O4/c1-13-9-16(5-7-18(13)22)10-14(2)21(24)15(3)11-17-6-8-19(23)20(12-17)25-4/h5-12,22-23H,1-4H3/b14-10+,15-11+. The van der Waals surface area contributed by atoms with E-state index in [1.807, 2.05) is 13.0 Å². The summed E-state index contributed by atoms with van der Waals surface area (Å²) in [7, 11) is 1.48. The van der Waals surface area contributed by atoms with Gasteiger partial charge in [-0.3, -0.25) is 4.79 Å². The molecule has 2 N–H and O–H groups in total. The number of benzene rings is 2. The molecule has 0 fully saturated rings. The average molecular weight is 338 g/mol. The number of aryl methyl sites for hydroxylation is 1. The zero-order valence-corrected chi connectivity index (χ0v) is 14.8. The number of ether oxygens (including phenoxy) is 1. The van der Waals surface area contributed by atoms with Crippen LogP contribution < -0.4 is 4.74 Å². The van der Waals surface area contributed by atoms with E-state index in [-0.39, 0.29) is 17.3 Å². The highest BCUT2D eigenvalue weighted by Crippen LogP contribution is 2.27. The molecule has 0 bridgehead atoms. The molecule has 4 heteroatoms. The summed E-state index contributed by atoms with van der Waals surface area (Å²) in [5, 5.41) is 19.2. The quantitative estimate of drug-likeness (QED) is 0.788. The molecule has 0 aromatic heterocycles. The van der Waals surface area contributed by atoms with Gasteiger partial charge in [0.05, 0.1) is 7.11 Å². The molecule has 0 spiro atoms. The van der Waals surface area contributed by atoms with E-state index in [1.165, 1.54) is 13.2 Å². The predicted molar refractivity (Wildman–Crippen MR) is 99.8 cm³/mol. The van der Waals surface area contributed by atoms with Crippen molar-refractivity contribution in [1.82, 2.24) is 0 Å². The second kappa shape index (κ2) is 7.71. The maximum absolute atomic E-state index is 12.6. The van der Waals surface area contributed by atoms with E-state index in [2.05, 4.69) is 0 Å². The fourth-order valence-corrected chi connectivity index (χ4v) is 2.49. The van der Waals surface area contributed by atoms with E-state index in [1.54, 1.807) is 50.3 Å². The summed E-state index contributed by atoms with van der Waals surface area (Å²) in [6.45, 7) is 5.33. The Morgan fingerprint density at radius 3 is 1.96 bits per heavy atom.